The number of hydrogen-bond donors (Lipinski definition) is 1. The molecule has 25 heavy (non-hydrogen) atoms. The van der Waals surface area contributed by atoms with Crippen molar-refractivity contribution < 1.29 is 14.3 Å². The second-order valence-corrected chi connectivity index (χ2v) is 9.19. The van der Waals surface area contributed by atoms with E-state index in [1.165, 1.54) is 52.8 Å². The summed E-state index contributed by atoms with van der Waals surface area (Å²) in [5.41, 5.74) is 1.59. The van der Waals surface area contributed by atoms with E-state index in [2.05, 4.69) is 15.5 Å². The zero-order chi connectivity index (χ0) is 17.8. The van der Waals surface area contributed by atoms with Crippen LogP contribution in [0.15, 0.2) is 4.34 Å². The van der Waals surface area contributed by atoms with Gasteiger partial charge in [0.25, 0.3) is 0 Å². The van der Waals surface area contributed by atoms with E-state index >= 15 is 0 Å². The molecule has 0 atom stereocenters. The van der Waals surface area contributed by atoms with Gasteiger partial charge in [0, 0.05) is 4.88 Å². The molecule has 0 radical (unpaired) electrons. The smallest absolute Gasteiger partial charge is 0.341 e. The molecule has 0 saturated heterocycles. The molecule has 2 heterocycles. The third kappa shape index (κ3) is 4.39. The fourth-order valence-electron chi connectivity index (χ4n) is 2.78. The number of fused-ring (bicyclic) bond motifs is 1. The van der Waals surface area contributed by atoms with Crippen molar-refractivity contribution in [3.63, 3.8) is 0 Å². The summed E-state index contributed by atoms with van der Waals surface area (Å²) >= 11 is 4.32. The summed E-state index contributed by atoms with van der Waals surface area (Å²) in [7, 11) is 1.38. The van der Waals surface area contributed by atoms with Gasteiger partial charge >= 0.3 is 5.97 Å². The molecule has 0 aliphatic heterocycles. The molecule has 3 rings (SSSR count). The Morgan fingerprint density at radius 3 is 2.72 bits per heavy atom. The van der Waals surface area contributed by atoms with Crippen LogP contribution in [-0.4, -0.2) is 34.9 Å². The van der Waals surface area contributed by atoms with E-state index in [0.717, 1.165) is 40.6 Å². The van der Waals surface area contributed by atoms with E-state index in [4.69, 9.17) is 4.74 Å². The molecule has 134 valence electrons. The molecule has 2 aromatic heterocycles. The fourth-order valence-corrected chi connectivity index (χ4v) is 5.68. The van der Waals surface area contributed by atoms with E-state index in [0.29, 0.717) is 10.6 Å². The van der Waals surface area contributed by atoms with Gasteiger partial charge in [0.2, 0.25) is 5.91 Å². The molecule has 1 amide bonds. The second kappa shape index (κ2) is 8.29. The normalized spacial score (nSPS) is 13.8. The van der Waals surface area contributed by atoms with Gasteiger partial charge in [-0.15, -0.1) is 21.5 Å². The minimum absolute atomic E-state index is 0.153. The molecule has 0 spiro atoms. The highest BCUT2D eigenvalue weighted by atomic mass is 32.2. The zero-order valence-corrected chi connectivity index (χ0v) is 16.5. The van der Waals surface area contributed by atoms with E-state index in [1.54, 1.807) is 0 Å². The van der Waals surface area contributed by atoms with Gasteiger partial charge in [-0.1, -0.05) is 29.5 Å². The minimum Gasteiger partial charge on any atom is -0.465 e. The lowest BCUT2D eigenvalue weighted by atomic mass is 10.1. The number of thioether (sulfide) groups is 1. The number of carbonyl (C=O) groups excluding carboxylic acids is 2. The first kappa shape index (κ1) is 18.3. The van der Waals surface area contributed by atoms with E-state index in [9.17, 15) is 9.59 Å². The number of methoxy groups -OCH3 is 1. The molecular formula is C16H19N3O3S3. The highest BCUT2D eigenvalue weighted by Gasteiger charge is 2.26. The summed E-state index contributed by atoms with van der Waals surface area (Å²) in [5, 5.41) is 12.3. The van der Waals surface area contributed by atoms with Gasteiger partial charge < -0.3 is 10.1 Å². The van der Waals surface area contributed by atoms with Crippen LogP contribution in [0.25, 0.3) is 0 Å². The number of thiophene rings is 1. The highest BCUT2D eigenvalue weighted by molar-refractivity contribution is 8.01. The number of nitrogens with zero attached hydrogens (tertiary/aromatic N) is 2. The quantitative estimate of drug-likeness (QED) is 0.471. The SMILES string of the molecule is COC(=O)c1c(NC(=O)CSc2nnc(C)s2)sc2c1CCCCC2. The number of aromatic nitrogens is 2. The number of ether oxygens (including phenoxy) is 1. The van der Waals surface area contributed by atoms with Gasteiger partial charge in [-0.2, -0.15) is 0 Å². The first-order valence-corrected chi connectivity index (χ1v) is 10.7. The van der Waals surface area contributed by atoms with Gasteiger partial charge in [-0.3, -0.25) is 4.79 Å². The second-order valence-electron chi connectivity index (χ2n) is 5.68. The molecule has 9 heteroatoms. The van der Waals surface area contributed by atoms with Crippen LogP contribution in [-0.2, 0) is 22.4 Å². The number of hydrogen-bond acceptors (Lipinski definition) is 8. The first-order chi connectivity index (χ1) is 12.1. The summed E-state index contributed by atoms with van der Waals surface area (Å²) in [5.74, 6) is -0.292. The lowest BCUT2D eigenvalue weighted by molar-refractivity contribution is -0.113. The third-order valence-corrected chi connectivity index (χ3v) is 7.08. The summed E-state index contributed by atoms with van der Waals surface area (Å²) < 4.78 is 5.72. The van der Waals surface area contributed by atoms with E-state index in [-0.39, 0.29) is 17.6 Å². The number of amides is 1. The summed E-state index contributed by atoms with van der Waals surface area (Å²) in [6.07, 6.45) is 5.17. The molecule has 0 saturated carbocycles. The van der Waals surface area contributed by atoms with Crippen molar-refractivity contribution in [1.82, 2.24) is 10.2 Å². The number of aryl methyl sites for hydroxylation is 2. The standard InChI is InChI=1S/C16H19N3O3S3/c1-9-18-19-16(24-9)23-8-12(20)17-14-13(15(21)22-2)10-6-4-3-5-7-11(10)25-14/h3-8H2,1-2H3,(H,17,20). The third-order valence-electron chi connectivity index (χ3n) is 3.90. The van der Waals surface area contributed by atoms with Crippen molar-refractivity contribution in [3.05, 3.63) is 21.0 Å². The van der Waals surface area contributed by atoms with Gasteiger partial charge in [0.1, 0.15) is 10.0 Å². The number of anilines is 1. The molecule has 0 fully saturated rings. The van der Waals surface area contributed by atoms with Crippen molar-refractivity contribution in [2.45, 2.75) is 43.4 Å². The van der Waals surface area contributed by atoms with Gasteiger partial charge in [0.15, 0.2) is 4.34 Å². The Balaban J connectivity index is 1.74. The Morgan fingerprint density at radius 2 is 2.00 bits per heavy atom. The maximum Gasteiger partial charge on any atom is 0.341 e. The molecule has 0 unspecified atom stereocenters. The van der Waals surface area contributed by atoms with Crippen LogP contribution >= 0.6 is 34.4 Å². The van der Waals surface area contributed by atoms with Crippen LogP contribution in [0.3, 0.4) is 0 Å². The molecule has 1 aliphatic carbocycles. The van der Waals surface area contributed by atoms with E-state index in [1.807, 2.05) is 6.92 Å². The molecule has 0 bridgehead atoms. The number of nitrogens with one attached hydrogen (secondary N) is 1. The number of rotatable bonds is 5. The van der Waals surface area contributed by atoms with Crippen LogP contribution in [0.5, 0.6) is 0 Å². The fraction of sp³-hybridized carbons (Fsp3) is 0.500. The van der Waals surface area contributed by atoms with Crippen LogP contribution < -0.4 is 5.32 Å². The largest absolute Gasteiger partial charge is 0.465 e. The average Bonchev–Trinajstić information content (AvgIpc) is 3.08. The van der Waals surface area contributed by atoms with Crippen molar-refractivity contribution in [3.8, 4) is 0 Å². The van der Waals surface area contributed by atoms with Crippen LogP contribution in [0, 0.1) is 6.92 Å². The van der Waals surface area contributed by atoms with Crippen molar-refractivity contribution in [1.29, 1.82) is 0 Å². The minimum atomic E-state index is -0.373. The maximum atomic E-state index is 12.3. The molecule has 0 aromatic carbocycles. The summed E-state index contributed by atoms with van der Waals surface area (Å²) in [6, 6.07) is 0. The van der Waals surface area contributed by atoms with Crippen LogP contribution in [0.2, 0.25) is 0 Å². The van der Waals surface area contributed by atoms with Gasteiger partial charge in [-0.05, 0) is 38.2 Å². The summed E-state index contributed by atoms with van der Waals surface area (Å²) in [6.45, 7) is 1.88. The molecule has 1 aliphatic rings. The van der Waals surface area contributed by atoms with Crippen molar-refractivity contribution >= 4 is 51.3 Å². The zero-order valence-electron chi connectivity index (χ0n) is 14.1. The lowest BCUT2D eigenvalue weighted by Gasteiger charge is -2.07. The first-order valence-electron chi connectivity index (χ1n) is 8.04. The van der Waals surface area contributed by atoms with Crippen molar-refractivity contribution in [2.24, 2.45) is 0 Å². The Morgan fingerprint density at radius 1 is 1.20 bits per heavy atom. The lowest BCUT2D eigenvalue weighted by Crippen LogP contribution is -2.16. The Labute approximate surface area is 158 Å². The predicted molar refractivity (Wildman–Crippen MR) is 101 cm³/mol. The Kier molecular flexibility index (Phi) is 6.08. The van der Waals surface area contributed by atoms with Gasteiger partial charge in [0.05, 0.1) is 18.4 Å². The number of carbonyl (C=O) groups is 2. The highest BCUT2D eigenvalue weighted by Crippen LogP contribution is 2.38. The Hall–Kier alpha value is -1.45. The molecular weight excluding hydrogens is 378 g/mol. The molecule has 2 aromatic rings. The monoisotopic (exact) mass is 397 g/mol. The molecule has 1 N–H and O–H groups in total. The average molecular weight is 398 g/mol. The van der Waals surface area contributed by atoms with Crippen molar-refractivity contribution in [2.75, 3.05) is 18.2 Å². The molecule has 6 nitrogen and oxygen atoms in total. The Bertz CT molecular complexity index is 785. The predicted octanol–water partition coefficient (Wildman–Crippen LogP) is 3.69. The van der Waals surface area contributed by atoms with Crippen LogP contribution in [0.4, 0.5) is 5.00 Å². The topological polar surface area (TPSA) is 81.2 Å². The maximum absolute atomic E-state index is 12.3. The van der Waals surface area contributed by atoms with E-state index < -0.39 is 0 Å². The summed E-state index contributed by atoms with van der Waals surface area (Å²) in [4.78, 5) is 25.8. The van der Waals surface area contributed by atoms with Gasteiger partial charge in [-0.25, -0.2) is 4.79 Å². The number of esters is 1. The van der Waals surface area contributed by atoms with Crippen LogP contribution in [0.1, 0.15) is 45.1 Å².